The molecule has 1 aromatic rings. The molecule has 1 fully saturated rings. The Balaban J connectivity index is 1.75. The highest BCUT2D eigenvalue weighted by Crippen LogP contribution is 2.22. The molecule has 2 nitrogen and oxygen atoms in total. The average Bonchev–Trinajstić information content (AvgIpc) is 2.99. The van der Waals surface area contributed by atoms with Gasteiger partial charge in [-0.05, 0) is 36.8 Å². The third-order valence-electron chi connectivity index (χ3n) is 5.14. The van der Waals surface area contributed by atoms with E-state index in [0.717, 1.165) is 25.8 Å². The first kappa shape index (κ1) is 21.1. The molecule has 0 spiro atoms. The molecule has 1 unspecified atom stereocenters. The minimum atomic E-state index is 0.522. The number of hydrogen-bond acceptors (Lipinski definition) is 2. The zero-order valence-corrected chi connectivity index (χ0v) is 17.4. The molecule has 1 aliphatic rings. The molecule has 1 saturated heterocycles. The van der Waals surface area contributed by atoms with Crippen LogP contribution in [0.3, 0.4) is 0 Å². The van der Waals surface area contributed by atoms with Gasteiger partial charge < -0.3 is 9.64 Å². The number of aryl methyl sites for hydroxylation is 1. The fourth-order valence-corrected chi connectivity index (χ4v) is 4.02. The van der Waals surface area contributed by atoms with Crippen molar-refractivity contribution in [1.82, 2.24) is 4.90 Å². The summed E-state index contributed by atoms with van der Waals surface area (Å²) in [7, 11) is 1.75. The van der Waals surface area contributed by atoms with E-state index >= 15 is 0 Å². The molecule has 0 bridgehead atoms. The SMILES string of the molecule is CCCCCCCN1C(=S)CCC1/C=C/CCc1cccc(COC)c1. The topological polar surface area (TPSA) is 12.5 Å². The summed E-state index contributed by atoms with van der Waals surface area (Å²) in [6.07, 6.45) is 15.8. The monoisotopic (exact) mass is 373 g/mol. The van der Waals surface area contributed by atoms with Crippen LogP contribution in [0.4, 0.5) is 0 Å². The van der Waals surface area contributed by atoms with Gasteiger partial charge in [-0.3, -0.25) is 0 Å². The fourth-order valence-electron chi connectivity index (χ4n) is 3.68. The highest BCUT2D eigenvalue weighted by molar-refractivity contribution is 7.80. The van der Waals surface area contributed by atoms with E-state index in [2.05, 4.69) is 48.2 Å². The highest BCUT2D eigenvalue weighted by atomic mass is 32.1. The van der Waals surface area contributed by atoms with Gasteiger partial charge >= 0.3 is 0 Å². The van der Waals surface area contributed by atoms with Crippen molar-refractivity contribution in [3.8, 4) is 0 Å². The summed E-state index contributed by atoms with van der Waals surface area (Å²) < 4.78 is 5.22. The summed E-state index contributed by atoms with van der Waals surface area (Å²) >= 11 is 5.59. The van der Waals surface area contributed by atoms with Gasteiger partial charge in [0.25, 0.3) is 0 Å². The van der Waals surface area contributed by atoms with E-state index in [1.54, 1.807) is 7.11 Å². The van der Waals surface area contributed by atoms with E-state index in [0.29, 0.717) is 12.6 Å². The number of methoxy groups -OCH3 is 1. The smallest absolute Gasteiger partial charge is 0.0785 e. The lowest BCUT2D eigenvalue weighted by molar-refractivity contribution is 0.185. The quantitative estimate of drug-likeness (QED) is 0.250. The summed E-state index contributed by atoms with van der Waals surface area (Å²) in [4.78, 5) is 3.64. The van der Waals surface area contributed by atoms with E-state index in [-0.39, 0.29) is 0 Å². The molecule has 1 heterocycles. The molecule has 0 aromatic heterocycles. The van der Waals surface area contributed by atoms with Crippen LogP contribution < -0.4 is 0 Å². The van der Waals surface area contributed by atoms with Crippen LogP contribution in [0.1, 0.15) is 69.4 Å². The first-order valence-corrected chi connectivity index (χ1v) is 10.7. The van der Waals surface area contributed by atoms with Crippen LogP contribution in [-0.4, -0.2) is 29.6 Å². The number of thiocarbonyl (C=S) groups is 1. The van der Waals surface area contributed by atoms with Crippen molar-refractivity contribution in [3.05, 3.63) is 47.5 Å². The van der Waals surface area contributed by atoms with E-state index in [1.807, 2.05) is 0 Å². The second-order valence-electron chi connectivity index (χ2n) is 7.33. The van der Waals surface area contributed by atoms with Crippen LogP contribution in [0.2, 0.25) is 0 Å². The maximum Gasteiger partial charge on any atom is 0.0785 e. The lowest BCUT2D eigenvalue weighted by Gasteiger charge is -2.24. The maximum absolute atomic E-state index is 5.59. The summed E-state index contributed by atoms with van der Waals surface area (Å²) in [5.41, 5.74) is 2.64. The third kappa shape index (κ3) is 7.20. The first-order valence-electron chi connectivity index (χ1n) is 10.3. The molecule has 144 valence electrons. The zero-order chi connectivity index (χ0) is 18.6. The summed E-state index contributed by atoms with van der Waals surface area (Å²) in [5.74, 6) is 0. The number of unbranched alkanes of at least 4 members (excludes halogenated alkanes) is 4. The number of hydrogen-bond donors (Lipinski definition) is 0. The Morgan fingerprint density at radius 3 is 2.81 bits per heavy atom. The van der Waals surface area contributed by atoms with Gasteiger partial charge in [0, 0.05) is 26.1 Å². The number of benzene rings is 1. The lowest BCUT2D eigenvalue weighted by Crippen LogP contribution is -2.31. The minimum Gasteiger partial charge on any atom is -0.380 e. The van der Waals surface area contributed by atoms with E-state index in [1.165, 1.54) is 54.6 Å². The molecule has 3 heteroatoms. The van der Waals surface area contributed by atoms with Crippen molar-refractivity contribution < 1.29 is 4.74 Å². The Labute approximate surface area is 165 Å². The first-order chi connectivity index (χ1) is 12.7. The van der Waals surface area contributed by atoms with E-state index in [9.17, 15) is 0 Å². The number of nitrogens with zero attached hydrogens (tertiary/aromatic N) is 1. The van der Waals surface area contributed by atoms with Crippen molar-refractivity contribution in [1.29, 1.82) is 0 Å². The molecule has 1 aliphatic heterocycles. The standard InChI is InChI=1S/C23H35NOS/c1-3-4-5-6-9-17-24-22(15-16-23(24)26)14-8-7-11-20-12-10-13-21(18-20)19-25-2/h8,10,12-14,18,22H,3-7,9,11,15-17,19H2,1-2H3/b14-8+. The van der Waals surface area contributed by atoms with Gasteiger partial charge in [0.15, 0.2) is 0 Å². The van der Waals surface area contributed by atoms with Crippen LogP contribution in [-0.2, 0) is 17.8 Å². The van der Waals surface area contributed by atoms with Crippen molar-refractivity contribution >= 4 is 17.2 Å². The van der Waals surface area contributed by atoms with Gasteiger partial charge in [0.2, 0.25) is 0 Å². The second-order valence-corrected chi connectivity index (χ2v) is 7.80. The van der Waals surface area contributed by atoms with Crippen molar-refractivity contribution in [3.63, 3.8) is 0 Å². The van der Waals surface area contributed by atoms with Crippen LogP contribution >= 0.6 is 12.2 Å². The Morgan fingerprint density at radius 1 is 1.19 bits per heavy atom. The molecule has 0 radical (unpaired) electrons. The molecular weight excluding hydrogens is 338 g/mol. The van der Waals surface area contributed by atoms with Crippen molar-refractivity contribution in [2.24, 2.45) is 0 Å². The minimum absolute atomic E-state index is 0.522. The van der Waals surface area contributed by atoms with Gasteiger partial charge in [-0.15, -0.1) is 0 Å². The normalized spacial score (nSPS) is 17.5. The lowest BCUT2D eigenvalue weighted by atomic mass is 10.1. The molecule has 0 saturated carbocycles. The summed E-state index contributed by atoms with van der Waals surface area (Å²) in [6.45, 7) is 4.09. The predicted octanol–water partition coefficient (Wildman–Crippen LogP) is 6.08. The Kier molecular flexibility index (Phi) is 9.94. The van der Waals surface area contributed by atoms with Crippen LogP contribution in [0, 0.1) is 0 Å². The van der Waals surface area contributed by atoms with Crippen LogP contribution in [0.25, 0.3) is 0 Å². The highest BCUT2D eigenvalue weighted by Gasteiger charge is 2.25. The third-order valence-corrected chi connectivity index (χ3v) is 5.58. The molecular formula is C23H35NOS. The van der Waals surface area contributed by atoms with Gasteiger partial charge in [-0.2, -0.15) is 0 Å². The van der Waals surface area contributed by atoms with Gasteiger partial charge in [0.05, 0.1) is 11.6 Å². The van der Waals surface area contributed by atoms with Crippen LogP contribution in [0.15, 0.2) is 36.4 Å². The number of ether oxygens (including phenoxy) is 1. The molecule has 26 heavy (non-hydrogen) atoms. The predicted molar refractivity (Wildman–Crippen MR) is 116 cm³/mol. The largest absolute Gasteiger partial charge is 0.380 e. The van der Waals surface area contributed by atoms with Gasteiger partial charge in [-0.25, -0.2) is 0 Å². The Morgan fingerprint density at radius 2 is 2.00 bits per heavy atom. The Hall–Kier alpha value is -1.19. The second kappa shape index (κ2) is 12.2. The summed E-state index contributed by atoms with van der Waals surface area (Å²) in [5, 5.41) is 0. The number of rotatable bonds is 12. The van der Waals surface area contributed by atoms with Crippen molar-refractivity contribution in [2.75, 3.05) is 13.7 Å². The summed E-state index contributed by atoms with van der Waals surface area (Å²) in [6, 6.07) is 9.24. The maximum atomic E-state index is 5.59. The molecule has 1 atom stereocenters. The number of allylic oxidation sites excluding steroid dienone is 1. The number of likely N-dealkylation sites (tertiary alicyclic amines) is 1. The molecule has 2 rings (SSSR count). The molecule has 0 aliphatic carbocycles. The molecule has 0 N–H and O–H groups in total. The van der Waals surface area contributed by atoms with Crippen LogP contribution in [0.5, 0.6) is 0 Å². The van der Waals surface area contributed by atoms with E-state index in [4.69, 9.17) is 17.0 Å². The average molecular weight is 374 g/mol. The van der Waals surface area contributed by atoms with E-state index < -0.39 is 0 Å². The van der Waals surface area contributed by atoms with Crippen molar-refractivity contribution in [2.45, 2.75) is 77.4 Å². The zero-order valence-electron chi connectivity index (χ0n) is 16.6. The molecule has 1 aromatic carbocycles. The fraction of sp³-hybridized carbons (Fsp3) is 0.609. The van der Waals surface area contributed by atoms with Gasteiger partial charge in [0.1, 0.15) is 0 Å². The Bertz CT molecular complexity index is 569. The molecule has 0 amide bonds. The van der Waals surface area contributed by atoms with Gasteiger partial charge in [-0.1, -0.05) is 81.2 Å².